The Morgan fingerprint density at radius 1 is 1.13 bits per heavy atom. The van der Waals surface area contributed by atoms with Crippen molar-refractivity contribution in [2.45, 2.75) is 25.7 Å². The lowest BCUT2D eigenvalue weighted by Crippen LogP contribution is -2.36. The summed E-state index contributed by atoms with van der Waals surface area (Å²) in [4.78, 5) is 25.9. The molecule has 0 radical (unpaired) electrons. The number of fused-ring (bicyclic) bond motifs is 1. The molecule has 1 N–H and O–H groups in total. The zero-order chi connectivity index (χ0) is 16.6. The molecule has 0 saturated heterocycles. The molecule has 23 heavy (non-hydrogen) atoms. The van der Waals surface area contributed by atoms with Crippen molar-refractivity contribution >= 4 is 17.6 Å². The second kappa shape index (κ2) is 5.54. The second-order valence-electron chi connectivity index (χ2n) is 6.36. The Hall–Kier alpha value is -2.62. The number of carbonyl (C=O) groups is 2. The van der Waals surface area contributed by atoms with Crippen molar-refractivity contribution in [1.82, 2.24) is 0 Å². The van der Waals surface area contributed by atoms with Gasteiger partial charge < -0.3 is 10.0 Å². The van der Waals surface area contributed by atoms with E-state index >= 15 is 0 Å². The molecule has 4 nitrogen and oxygen atoms in total. The number of benzene rings is 2. The van der Waals surface area contributed by atoms with Gasteiger partial charge in [0.1, 0.15) is 0 Å². The minimum atomic E-state index is -0.851. The van der Waals surface area contributed by atoms with Crippen LogP contribution < -0.4 is 4.90 Å². The Morgan fingerprint density at radius 2 is 1.83 bits per heavy atom. The largest absolute Gasteiger partial charge is 0.481 e. The SMILES string of the molecule is Cc1cccc2c1C(C)(CC(=O)O)CN2C(=O)c1ccccc1. The summed E-state index contributed by atoms with van der Waals surface area (Å²) in [5, 5.41) is 9.29. The van der Waals surface area contributed by atoms with Crippen molar-refractivity contribution in [2.75, 3.05) is 11.4 Å². The van der Waals surface area contributed by atoms with E-state index in [9.17, 15) is 14.7 Å². The first kappa shape index (κ1) is 15.3. The fourth-order valence-electron chi connectivity index (χ4n) is 3.57. The Balaban J connectivity index is 2.07. The van der Waals surface area contributed by atoms with Gasteiger partial charge in [0, 0.05) is 23.2 Å². The number of amides is 1. The topological polar surface area (TPSA) is 57.6 Å². The van der Waals surface area contributed by atoms with Crippen LogP contribution in [-0.2, 0) is 10.2 Å². The minimum Gasteiger partial charge on any atom is -0.481 e. The molecule has 0 aliphatic carbocycles. The highest BCUT2D eigenvalue weighted by Gasteiger charge is 2.43. The highest BCUT2D eigenvalue weighted by molar-refractivity contribution is 6.08. The molecule has 0 spiro atoms. The van der Waals surface area contributed by atoms with E-state index in [1.54, 1.807) is 17.0 Å². The molecular weight excluding hydrogens is 290 g/mol. The number of rotatable bonds is 3. The van der Waals surface area contributed by atoms with Gasteiger partial charge in [0.05, 0.1) is 6.42 Å². The van der Waals surface area contributed by atoms with Crippen LogP contribution in [0.4, 0.5) is 5.69 Å². The van der Waals surface area contributed by atoms with Crippen LogP contribution in [0.15, 0.2) is 48.5 Å². The van der Waals surface area contributed by atoms with Gasteiger partial charge in [-0.15, -0.1) is 0 Å². The van der Waals surface area contributed by atoms with Crippen molar-refractivity contribution in [3.05, 3.63) is 65.2 Å². The van der Waals surface area contributed by atoms with Crippen molar-refractivity contribution in [1.29, 1.82) is 0 Å². The van der Waals surface area contributed by atoms with Crippen molar-refractivity contribution in [3.8, 4) is 0 Å². The van der Waals surface area contributed by atoms with Crippen LogP contribution in [0.2, 0.25) is 0 Å². The lowest BCUT2D eigenvalue weighted by atomic mass is 9.79. The van der Waals surface area contributed by atoms with Crippen LogP contribution in [-0.4, -0.2) is 23.5 Å². The zero-order valence-electron chi connectivity index (χ0n) is 13.2. The summed E-state index contributed by atoms with van der Waals surface area (Å²) in [7, 11) is 0. The number of aryl methyl sites for hydroxylation is 1. The second-order valence-corrected chi connectivity index (χ2v) is 6.36. The summed E-state index contributed by atoms with van der Waals surface area (Å²) >= 11 is 0. The number of anilines is 1. The van der Waals surface area contributed by atoms with E-state index < -0.39 is 11.4 Å². The van der Waals surface area contributed by atoms with Gasteiger partial charge in [-0.05, 0) is 36.2 Å². The summed E-state index contributed by atoms with van der Waals surface area (Å²) in [5.41, 5.74) is 2.85. The fraction of sp³-hybridized carbons (Fsp3) is 0.263. The zero-order valence-corrected chi connectivity index (χ0v) is 13.2. The third kappa shape index (κ3) is 2.61. The van der Waals surface area contributed by atoms with E-state index in [1.165, 1.54) is 0 Å². The molecule has 1 heterocycles. The Morgan fingerprint density at radius 3 is 2.48 bits per heavy atom. The van der Waals surface area contributed by atoms with E-state index in [1.807, 2.05) is 50.2 Å². The first-order chi connectivity index (χ1) is 10.9. The number of nitrogens with zero attached hydrogens (tertiary/aromatic N) is 1. The number of hydrogen-bond donors (Lipinski definition) is 1. The molecule has 0 bridgehead atoms. The number of carboxylic acid groups (broad SMARTS) is 1. The minimum absolute atomic E-state index is 0.00340. The maximum atomic E-state index is 12.9. The summed E-state index contributed by atoms with van der Waals surface area (Å²) < 4.78 is 0. The molecule has 2 aromatic carbocycles. The molecule has 0 fully saturated rings. The van der Waals surface area contributed by atoms with Crippen LogP contribution >= 0.6 is 0 Å². The summed E-state index contributed by atoms with van der Waals surface area (Å²) in [5.74, 6) is -0.942. The molecule has 1 unspecified atom stereocenters. The van der Waals surface area contributed by atoms with E-state index in [-0.39, 0.29) is 12.3 Å². The van der Waals surface area contributed by atoms with Crippen molar-refractivity contribution in [3.63, 3.8) is 0 Å². The molecule has 3 rings (SSSR count). The number of hydrogen-bond acceptors (Lipinski definition) is 2. The highest BCUT2D eigenvalue weighted by atomic mass is 16.4. The van der Waals surface area contributed by atoms with Gasteiger partial charge in [-0.2, -0.15) is 0 Å². The molecule has 1 aliphatic rings. The molecule has 1 amide bonds. The van der Waals surface area contributed by atoms with Crippen molar-refractivity contribution < 1.29 is 14.7 Å². The Labute approximate surface area is 135 Å². The monoisotopic (exact) mass is 309 g/mol. The van der Waals surface area contributed by atoms with Gasteiger partial charge in [0.15, 0.2) is 0 Å². The van der Waals surface area contributed by atoms with E-state index in [0.717, 1.165) is 16.8 Å². The van der Waals surface area contributed by atoms with Crippen LogP contribution in [0, 0.1) is 6.92 Å². The smallest absolute Gasteiger partial charge is 0.304 e. The molecular formula is C19H19NO3. The third-order valence-corrected chi connectivity index (χ3v) is 4.46. The fourth-order valence-corrected chi connectivity index (χ4v) is 3.57. The molecule has 1 aliphatic heterocycles. The maximum Gasteiger partial charge on any atom is 0.304 e. The van der Waals surface area contributed by atoms with Gasteiger partial charge in [0.25, 0.3) is 5.91 Å². The maximum absolute atomic E-state index is 12.9. The highest BCUT2D eigenvalue weighted by Crippen LogP contribution is 2.45. The standard InChI is InChI=1S/C19H19NO3/c1-13-7-6-10-15-17(13)19(2,11-16(21)22)12-20(15)18(23)14-8-4-3-5-9-14/h3-10H,11-12H2,1-2H3,(H,21,22). The average molecular weight is 309 g/mol. The Bertz CT molecular complexity index is 769. The van der Waals surface area contributed by atoms with Gasteiger partial charge in [-0.25, -0.2) is 0 Å². The van der Waals surface area contributed by atoms with E-state index in [0.29, 0.717) is 12.1 Å². The van der Waals surface area contributed by atoms with Gasteiger partial charge in [0.2, 0.25) is 0 Å². The Kier molecular flexibility index (Phi) is 3.68. The average Bonchev–Trinajstić information content (AvgIpc) is 2.81. The first-order valence-electron chi connectivity index (χ1n) is 7.61. The van der Waals surface area contributed by atoms with Crippen LogP contribution in [0.25, 0.3) is 0 Å². The first-order valence-corrected chi connectivity index (χ1v) is 7.61. The molecule has 2 aromatic rings. The van der Waals surface area contributed by atoms with Gasteiger partial charge >= 0.3 is 5.97 Å². The molecule has 1 atom stereocenters. The van der Waals surface area contributed by atoms with Gasteiger partial charge in [-0.3, -0.25) is 9.59 Å². The summed E-state index contributed by atoms with van der Waals surface area (Å²) in [6.07, 6.45) is 0.00340. The quantitative estimate of drug-likeness (QED) is 0.945. The molecule has 0 saturated carbocycles. The predicted molar refractivity (Wildman–Crippen MR) is 88.9 cm³/mol. The van der Waals surface area contributed by atoms with Crippen LogP contribution in [0.1, 0.15) is 34.8 Å². The third-order valence-electron chi connectivity index (χ3n) is 4.46. The molecule has 118 valence electrons. The van der Waals surface area contributed by atoms with Gasteiger partial charge in [-0.1, -0.05) is 37.3 Å². The normalized spacial score (nSPS) is 19.5. The number of carboxylic acids is 1. The molecule has 4 heteroatoms. The summed E-state index contributed by atoms with van der Waals surface area (Å²) in [6, 6.07) is 14.9. The van der Waals surface area contributed by atoms with Crippen molar-refractivity contribution in [2.24, 2.45) is 0 Å². The predicted octanol–water partition coefficient (Wildman–Crippen LogP) is 3.39. The lowest BCUT2D eigenvalue weighted by Gasteiger charge is -2.24. The summed E-state index contributed by atoms with van der Waals surface area (Å²) in [6.45, 7) is 4.27. The number of aliphatic carboxylic acids is 1. The number of carbonyl (C=O) groups excluding carboxylic acids is 1. The van der Waals surface area contributed by atoms with E-state index in [4.69, 9.17) is 0 Å². The van der Waals surface area contributed by atoms with Crippen LogP contribution in [0.3, 0.4) is 0 Å². The lowest BCUT2D eigenvalue weighted by molar-refractivity contribution is -0.138. The van der Waals surface area contributed by atoms with Crippen LogP contribution in [0.5, 0.6) is 0 Å². The molecule has 0 aromatic heterocycles. The van der Waals surface area contributed by atoms with E-state index in [2.05, 4.69) is 0 Å².